The van der Waals surface area contributed by atoms with Crippen LogP contribution in [0.1, 0.15) is 12.6 Å². The molecule has 20 heavy (non-hydrogen) atoms. The summed E-state index contributed by atoms with van der Waals surface area (Å²) < 4.78 is 0. The second kappa shape index (κ2) is 5.09. The van der Waals surface area contributed by atoms with Crippen LogP contribution < -0.4 is 29.6 Å². The average Bonchev–Trinajstić information content (AvgIpc) is 2.98. The summed E-state index contributed by atoms with van der Waals surface area (Å²) in [4.78, 5) is 0. The second-order valence-corrected chi connectivity index (χ2v) is 4.81. The van der Waals surface area contributed by atoms with Crippen molar-refractivity contribution in [3.8, 4) is 28.3 Å². The zero-order chi connectivity index (χ0) is 12.8. The van der Waals surface area contributed by atoms with Gasteiger partial charge in [-0.2, -0.15) is 5.10 Å². The van der Waals surface area contributed by atoms with Gasteiger partial charge in [-0.15, -0.1) is 0 Å². The molecule has 3 aromatic rings. The van der Waals surface area contributed by atoms with E-state index in [0.29, 0.717) is 0 Å². The summed E-state index contributed by atoms with van der Waals surface area (Å²) in [5, 5.41) is 16.9. The molecule has 94 valence electrons. The molecule has 1 heterocycles. The number of hydrogen-bond acceptors (Lipinski definition) is 2. The SMILES string of the molecule is Oc1ccc(-c2n[nH]c3c2Cc2ccccc2-3)cc1.[H-].[Na+]. The molecule has 4 heteroatoms. The topological polar surface area (TPSA) is 48.9 Å². The Labute approximate surface area is 140 Å². The summed E-state index contributed by atoms with van der Waals surface area (Å²) in [7, 11) is 0. The number of phenolic OH excluding ortho intramolecular Hbond substituents is 1. The van der Waals surface area contributed by atoms with Gasteiger partial charge >= 0.3 is 29.6 Å². The monoisotopic (exact) mass is 272 g/mol. The fraction of sp³-hybridized carbons (Fsp3) is 0.0625. The van der Waals surface area contributed by atoms with E-state index in [1.165, 1.54) is 16.7 Å². The number of aromatic amines is 1. The Morgan fingerprint density at radius 3 is 2.60 bits per heavy atom. The first-order chi connectivity index (χ1) is 9.33. The normalized spacial score (nSPS) is 11.6. The number of aromatic hydroxyl groups is 1. The van der Waals surface area contributed by atoms with Crippen LogP contribution in [0.4, 0.5) is 0 Å². The quantitative estimate of drug-likeness (QED) is 0.495. The molecule has 0 unspecified atom stereocenters. The van der Waals surface area contributed by atoms with E-state index >= 15 is 0 Å². The minimum atomic E-state index is 0. The van der Waals surface area contributed by atoms with Crippen molar-refractivity contribution in [3.63, 3.8) is 0 Å². The van der Waals surface area contributed by atoms with Crippen LogP contribution in [0.5, 0.6) is 5.75 Å². The van der Waals surface area contributed by atoms with Gasteiger partial charge in [-0.3, -0.25) is 5.10 Å². The maximum Gasteiger partial charge on any atom is 1.00 e. The van der Waals surface area contributed by atoms with Crippen molar-refractivity contribution in [3.05, 3.63) is 59.7 Å². The summed E-state index contributed by atoms with van der Waals surface area (Å²) in [5.74, 6) is 0.277. The molecule has 0 spiro atoms. The van der Waals surface area contributed by atoms with E-state index in [9.17, 15) is 5.11 Å². The van der Waals surface area contributed by atoms with Crippen LogP contribution >= 0.6 is 0 Å². The fourth-order valence-electron chi connectivity index (χ4n) is 2.73. The number of nitrogens with one attached hydrogen (secondary N) is 1. The van der Waals surface area contributed by atoms with E-state index in [1.54, 1.807) is 12.1 Å². The van der Waals surface area contributed by atoms with E-state index in [0.717, 1.165) is 23.4 Å². The molecule has 1 aliphatic rings. The molecular weight excluding hydrogens is 259 g/mol. The zero-order valence-corrected chi connectivity index (χ0v) is 13.2. The number of phenols is 1. The number of aromatic nitrogens is 2. The molecule has 0 aliphatic heterocycles. The molecule has 0 radical (unpaired) electrons. The van der Waals surface area contributed by atoms with Crippen molar-refractivity contribution in [2.24, 2.45) is 0 Å². The minimum Gasteiger partial charge on any atom is -1.00 e. The minimum absolute atomic E-state index is 0. The van der Waals surface area contributed by atoms with Gasteiger partial charge in [-0.25, -0.2) is 0 Å². The van der Waals surface area contributed by atoms with Gasteiger partial charge in [0.1, 0.15) is 5.75 Å². The van der Waals surface area contributed by atoms with E-state index in [2.05, 4.69) is 34.5 Å². The number of benzene rings is 2. The van der Waals surface area contributed by atoms with E-state index < -0.39 is 0 Å². The standard InChI is InChI=1S/C16H12N2O.Na.H/c19-12-7-5-10(6-8-12)15-14-9-11-3-1-2-4-13(11)16(14)18-17-15;;/h1-8,19H,9H2,(H,17,18);;/q;+1;-1. The maximum absolute atomic E-state index is 9.36. The average molecular weight is 272 g/mol. The van der Waals surface area contributed by atoms with Gasteiger partial charge in [-0.05, 0) is 29.8 Å². The van der Waals surface area contributed by atoms with Gasteiger partial charge in [0.2, 0.25) is 0 Å². The molecule has 3 nitrogen and oxygen atoms in total. The predicted molar refractivity (Wildman–Crippen MR) is 75.0 cm³/mol. The van der Waals surface area contributed by atoms with Crippen molar-refractivity contribution >= 4 is 0 Å². The first kappa shape index (κ1) is 13.4. The first-order valence-corrected chi connectivity index (χ1v) is 6.28. The van der Waals surface area contributed by atoms with Crippen LogP contribution in [0.25, 0.3) is 22.5 Å². The van der Waals surface area contributed by atoms with Gasteiger partial charge in [0.25, 0.3) is 0 Å². The zero-order valence-electron chi connectivity index (χ0n) is 12.2. The number of nitrogens with zero attached hydrogens (tertiary/aromatic N) is 1. The van der Waals surface area contributed by atoms with Gasteiger partial charge < -0.3 is 6.53 Å². The Morgan fingerprint density at radius 2 is 1.80 bits per heavy atom. The Hall–Kier alpha value is -1.55. The summed E-state index contributed by atoms with van der Waals surface area (Å²) in [6.07, 6.45) is 0.915. The van der Waals surface area contributed by atoms with Crippen LogP contribution in [0.15, 0.2) is 48.5 Å². The largest absolute Gasteiger partial charge is 1.00 e. The number of rotatable bonds is 1. The van der Waals surface area contributed by atoms with Crippen molar-refractivity contribution < 1.29 is 36.1 Å². The van der Waals surface area contributed by atoms with Gasteiger partial charge in [-0.1, -0.05) is 24.3 Å². The van der Waals surface area contributed by atoms with Crippen molar-refractivity contribution in [1.29, 1.82) is 0 Å². The van der Waals surface area contributed by atoms with Gasteiger partial charge in [0.15, 0.2) is 0 Å². The second-order valence-electron chi connectivity index (χ2n) is 4.81. The number of hydrogen-bond donors (Lipinski definition) is 2. The van der Waals surface area contributed by atoms with Crippen LogP contribution in [-0.4, -0.2) is 15.3 Å². The first-order valence-electron chi connectivity index (χ1n) is 6.28. The van der Waals surface area contributed by atoms with Crippen LogP contribution in [-0.2, 0) is 6.42 Å². The Bertz CT molecular complexity index is 768. The third-order valence-corrected chi connectivity index (χ3v) is 3.66. The molecule has 0 atom stereocenters. The third-order valence-electron chi connectivity index (χ3n) is 3.66. The molecule has 1 aliphatic carbocycles. The summed E-state index contributed by atoms with van der Waals surface area (Å²) in [6.45, 7) is 0. The van der Waals surface area contributed by atoms with E-state index in [4.69, 9.17) is 0 Å². The van der Waals surface area contributed by atoms with Crippen molar-refractivity contribution in [2.45, 2.75) is 6.42 Å². The Morgan fingerprint density at radius 1 is 1.05 bits per heavy atom. The van der Waals surface area contributed by atoms with Crippen molar-refractivity contribution in [1.82, 2.24) is 10.2 Å². The number of H-pyrrole nitrogens is 1. The molecule has 0 saturated heterocycles. The summed E-state index contributed by atoms with van der Waals surface area (Å²) in [6, 6.07) is 15.6. The Balaban J connectivity index is 0.000000807. The smallest absolute Gasteiger partial charge is 1.00 e. The predicted octanol–water partition coefficient (Wildman–Crippen LogP) is 0.470. The maximum atomic E-state index is 9.36. The molecule has 4 rings (SSSR count). The summed E-state index contributed by atoms with van der Waals surface area (Å²) in [5.41, 5.74) is 6.96. The number of fused-ring (bicyclic) bond motifs is 3. The third kappa shape index (κ3) is 1.99. The van der Waals surface area contributed by atoms with Crippen LogP contribution in [0.3, 0.4) is 0 Å². The van der Waals surface area contributed by atoms with Crippen LogP contribution in [0.2, 0.25) is 0 Å². The molecule has 2 N–H and O–H groups in total. The molecule has 0 bridgehead atoms. The van der Waals surface area contributed by atoms with E-state index in [1.807, 2.05) is 12.1 Å². The molecule has 0 amide bonds. The van der Waals surface area contributed by atoms with Crippen molar-refractivity contribution in [2.75, 3.05) is 0 Å². The van der Waals surface area contributed by atoms with Gasteiger partial charge in [0, 0.05) is 23.1 Å². The van der Waals surface area contributed by atoms with Gasteiger partial charge in [0.05, 0.1) is 11.4 Å². The van der Waals surface area contributed by atoms with E-state index in [-0.39, 0.29) is 36.7 Å². The Kier molecular flexibility index (Phi) is 3.42. The molecule has 2 aromatic carbocycles. The molecule has 0 fully saturated rings. The molecule has 0 saturated carbocycles. The molecule has 1 aromatic heterocycles. The molecular formula is C16H13N2NaO. The summed E-state index contributed by atoms with van der Waals surface area (Å²) >= 11 is 0. The van der Waals surface area contributed by atoms with Crippen LogP contribution in [0, 0.1) is 0 Å². The fourth-order valence-corrected chi connectivity index (χ4v) is 2.73.